The van der Waals surface area contributed by atoms with Crippen LogP contribution in [0.3, 0.4) is 0 Å². The standard InChI is InChI=1S/C15H23N3O/c1-4-11(10-16)8-15-17-13-9-12(19-3)6-7-14(13)18(15)5-2/h6-7,9,11H,4-5,8,10,16H2,1-3H3. The second-order valence-corrected chi connectivity index (χ2v) is 4.84. The Kier molecular flexibility index (Phi) is 4.43. The minimum Gasteiger partial charge on any atom is -0.497 e. The van der Waals surface area contributed by atoms with Gasteiger partial charge >= 0.3 is 0 Å². The zero-order valence-electron chi connectivity index (χ0n) is 12.0. The molecule has 1 unspecified atom stereocenters. The van der Waals surface area contributed by atoms with Crippen LogP contribution in [0.5, 0.6) is 5.75 Å². The smallest absolute Gasteiger partial charge is 0.121 e. The molecule has 0 aliphatic rings. The molecule has 0 aliphatic carbocycles. The summed E-state index contributed by atoms with van der Waals surface area (Å²) in [4.78, 5) is 4.76. The molecule has 0 saturated carbocycles. The minimum atomic E-state index is 0.504. The monoisotopic (exact) mass is 261 g/mol. The lowest BCUT2D eigenvalue weighted by Gasteiger charge is -2.12. The molecule has 0 fully saturated rings. The van der Waals surface area contributed by atoms with Crippen LogP contribution in [-0.2, 0) is 13.0 Å². The fraction of sp³-hybridized carbons (Fsp3) is 0.533. The number of imidazole rings is 1. The van der Waals surface area contributed by atoms with E-state index in [9.17, 15) is 0 Å². The number of methoxy groups -OCH3 is 1. The largest absolute Gasteiger partial charge is 0.497 e. The topological polar surface area (TPSA) is 53.1 Å². The summed E-state index contributed by atoms with van der Waals surface area (Å²) in [5.74, 6) is 2.48. The maximum absolute atomic E-state index is 5.81. The molecule has 2 aromatic rings. The Hall–Kier alpha value is -1.55. The van der Waals surface area contributed by atoms with E-state index in [2.05, 4.69) is 24.5 Å². The summed E-state index contributed by atoms with van der Waals surface area (Å²) in [6.45, 7) is 5.98. The molecule has 4 heteroatoms. The molecule has 4 nitrogen and oxygen atoms in total. The highest BCUT2D eigenvalue weighted by atomic mass is 16.5. The van der Waals surface area contributed by atoms with Crippen molar-refractivity contribution in [2.24, 2.45) is 11.7 Å². The quantitative estimate of drug-likeness (QED) is 0.869. The average Bonchev–Trinajstić information content (AvgIpc) is 2.80. The van der Waals surface area contributed by atoms with Gasteiger partial charge in [0.2, 0.25) is 0 Å². The Morgan fingerprint density at radius 3 is 2.74 bits per heavy atom. The Morgan fingerprint density at radius 1 is 1.37 bits per heavy atom. The number of benzene rings is 1. The van der Waals surface area contributed by atoms with Crippen molar-refractivity contribution >= 4 is 11.0 Å². The van der Waals surface area contributed by atoms with E-state index in [1.54, 1.807) is 7.11 Å². The maximum atomic E-state index is 5.81. The average molecular weight is 261 g/mol. The van der Waals surface area contributed by atoms with Crippen molar-refractivity contribution in [1.82, 2.24) is 9.55 Å². The molecule has 0 amide bonds. The van der Waals surface area contributed by atoms with Crippen molar-refractivity contribution in [1.29, 1.82) is 0 Å². The summed E-state index contributed by atoms with van der Waals surface area (Å²) in [5.41, 5.74) is 7.98. The van der Waals surface area contributed by atoms with Crippen LogP contribution in [-0.4, -0.2) is 23.2 Å². The number of nitrogens with two attached hydrogens (primary N) is 1. The first-order valence-corrected chi connectivity index (χ1v) is 6.96. The van der Waals surface area contributed by atoms with E-state index in [-0.39, 0.29) is 0 Å². The van der Waals surface area contributed by atoms with Gasteiger partial charge in [-0.15, -0.1) is 0 Å². The van der Waals surface area contributed by atoms with Gasteiger partial charge < -0.3 is 15.0 Å². The lowest BCUT2D eigenvalue weighted by Crippen LogP contribution is -2.18. The van der Waals surface area contributed by atoms with Crippen LogP contribution in [0.15, 0.2) is 18.2 Å². The van der Waals surface area contributed by atoms with Gasteiger partial charge in [0.05, 0.1) is 18.1 Å². The predicted octanol–water partition coefficient (Wildman–Crippen LogP) is 2.59. The molecule has 2 rings (SSSR count). The van der Waals surface area contributed by atoms with E-state index in [0.717, 1.165) is 36.5 Å². The summed E-state index contributed by atoms with van der Waals surface area (Å²) in [5, 5.41) is 0. The van der Waals surface area contributed by atoms with E-state index in [4.69, 9.17) is 15.5 Å². The van der Waals surface area contributed by atoms with Gasteiger partial charge in [0, 0.05) is 19.0 Å². The van der Waals surface area contributed by atoms with Crippen LogP contribution < -0.4 is 10.5 Å². The van der Waals surface area contributed by atoms with Crippen LogP contribution in [0.25, 0.3) is 11.0 Å². The van der Waals surface area contributed by atoms with Crippen LogP contribution in [0.4, 0.5) is 0 Å². The molecule has 0 spiro atoms. The van der Waals surface area contributed by atoms with Crippen molar-refractivity contribution in [2.45, 2.75) is 33.2 Å². The van der Waals surface area contributed by atoms with Crippen molar-refractivity contribution in [3.63, 3.8) is 0 Å². The molecule has 1 aromatic carbocycles. The molecule has 104 valence electrons. The number of fused-ring (bicyclic) bond motifs is 1. The number of aromatic nitrogens is 2. The molecule has 0 radical (unpaired) electrons. The van der Waals surface area contributed by atoms with Crippen LogP contribution in [0.1, 0.15) is 26.1 Å². The van der Waals surface area contributed by atoms with Gasteiger partial charge in [0.25, 0.3) is 0 Å². The second kappa shape index (κ2) is 6.06. The van der Waals surface area contributed by atoms with Gasteiger partial charge in [-0.25, -0.2) is 4.98 Å². The van der Waals surface area contributed by atoms with E-state index in [1.165, 1.54) is 5.52 Å². The van der Waals surface area contributed by atoms with Crippen molar-refractivity contribution in [3.05, 3.63) is 24.0 Å². The van der Waals surface area contributed by atoms with Crippen molar-refractivity contribution in [3.8, 4) is 5.75 Å². The molecule has 2 N–H and O–H groups in total. The maximum Gasteiger partial charge on any atom is 0.121 e. The minimum absolute atomic E-state index is 0.504. The number of aryl methyl sites for hydroxylation is 1. The van der Waals surface area contributed by atoms with Gasteiger partial charge in [-0.1, -0.05) is 13.3 Å². The van der Waals surface area contributed by atoms with Crippen LogP contribution in [0.2, 0.25) is 0 Å². The van der Waals surface area contributed by atoms with Crippen LogP contribution >= 0.6 is 0 Å². The SMILES string of the molecule is CCC(CN)Cc1nc2cc(OC)ccc2n1CC. The highest BCUT2D eigenvalue weighted by molar-refractivity contribution is 5.77. The summed E-state index contributed by atoms with van der Waals surface area (Å²) < 4.78 is 7.53. The molecule has 1 atom stereocenters. The molecule has 0 aliphatic heterocycles. The lowest BCUT2D eigenvalue weighted by atomic mass is 10.0. The van der Waals surface area contributed by atoms with Crippen LogP contribution in [0, 0.1) is 5.92 Å². The fourth-order valence-corrected chi connectivity index (χ4v) is 2.45. The summed E-state index contributed by atoms with van der Waals surface area (Å²) in [7, 11) is 1.68. The number of nitrogens with zero attached hydrogens (tertiary/aromatic N) is 2. The van der Waals surface area contributed by atoms with E-state index in [1.807, 2.05) is 12.1 Å². The second-order valence-electron chi connectivity index (χ2n) is 4.84. The van der Waals surface area contributed by atoms with E-state index in [0.29, 0.717) is 12.5 Å². The highest BCUT2D eigenvalue weighted by Gasteiger charge is 2.14. The molecular formula is C15H23N3O. The molecule has 1 aromatic heterocycles. The highest BCUT2D eigenvalue weighted by Crippen LogP contribution is 2.23. The molecule has 0 saturated heterocycles. The summed E-state index contributed by atoms with van der Waals surface area (Å²) in [6, 6.07) is 6.06. The third-order valence-electron chi connectivity index (χ3n) is 3.73. The van der Waals surface area contributed by atoms with Crippen molar-refractivity contribution in [2.75, 3.05) is 13.7 Å². The third kappa shape index (κ3) is 2.73. The number of hydrogen-bond donors (Lipinski definition) is 1. The first kappa shape index (κ1) is 13.9. The normalized spacial score (nSPS) is 12.8. The van der Waals surface area contributed by atoms with E-state index < -0.39 is 0 Å². The lowest BCUT2D eigenvalue weighted by molar-refractivity contribution is 0.415. The zero-order chi connectivity index (χ0) is 13.8. The Morgan fingerprint density at radius 2 is 2.16 bits per heavy atom. The Labute approximate surface area is 114 Å². The van der Waals surface area contributed by atoms with Gasteiger partial charge in [-0.2, -0.15) is 0 Å². The fourth-order valence-electron chi connectivity index (χ4n) is 2.45. The van der Waals surface area contributed by atoms with Gasteiger partial charge in [0.1, 0.15) is 11.6 Å². The summed E-state index contributed by atoms with van der Waals surface area (Å²) >= 11 is 0. The van der Waals surface area contributed by atoms with Gasteiger partial charge in [-0.05, 0) is 31.5 Å². The van der Waals surface area contributed by atoms with Gasteiger partial charge in [0.15, 0.2) is 0 Å². The Balaban J connectivity index is 2.42. The van der Waals surface area contributed by atoms with E-state index >= 15 is 0 Å². The third-order valence-corrected chi connectivity index (χ3v) is 3.73. The Bertz CT molecular complexity index is 544. The molecule has 1 heterocycles. The number of hydrogen-bond acceptors (Lipinski definition) is 3. The first-order chi connectivity index (χ1) is 9.23. The zero-order valence-corrected chi connectivity index (χ0v) is 12.0. The molecule has 19 heavy (non-hydrogen) atoms. The van der Waals surface area contributed by atoms with Crippen molar-refractivity contribution < 1.29 is 4.74 Å². The molecule has 0 bridgehead atoms. The number of rotatable bonds is 6. The molecular weight excluding hydrogens is 238 g/mol. The number of ether oxygens (including phenoxy) is 1. The predicted molar refractivity (Wildman–Crippen MR) is 78.5 cm³/mol. The first-order valence-electron chi connectivity index (χ1n) is 6.96. The summed E-state index contributed by atoms with van der Waals surface area (Å²) in [6.07, 6.45) is 2.03. The van der Waals surface area contributed by atoms with Gasteiger partial charge in [-0.3, -0.25) is 0 Å².